The molecule has 0 unspecified atom stereocenters. The van der Waals surface area contributed by atoms with E-state index in [-0.39, 0.29) is 0 Å². The molecule has 0 radical (unpaired) electrons. The second-order valence-corrected chi connectivity index (χ2v) is 6.72. The Kier molecular flexibility index (Phi) is 4.08. The molecule has 0 amide bonds. The lowest BCUT2D eigenvalue weighted by molar-refractivity contribution is 0.217. The summed E-state index contributed by atoms with van der Waals surface area (Å²) < 4.78 is 2.11. The smallest absolute Gasteiger partial charge is 0.133 e. The highest BCUT2D eigenvalue weighted by atomic mass is 15.4. The van der Waals surface area contributed by atoms with Crippen LogP contribution in [-0.2, 0) is 19.4 Å². The Morgan fingerprint density at radius 1 is 1.09 bits per heavy atom. The SMILES string of the molecule is CCc1ccc(-n2nc(CN3CCCCC3)c3c2NCC3)cc1. The Balaban J connectivity index is 1.63. The minimum Gasteiger partial charge on any atom is -0.369 e. The van der Waals surface area contributed by atoms with Gasteiger partial charge in [0.1, 0.15) is 5.82 Å². The van der Waals surface area contributed by atoms with E-state index < -0.39 is 0 Å². The molecule has 4 nitrogen and oxygen atoms in total. The summed E-state index contributed by atoms with van der Waals surface area (Å²) in [5.74, 6) is 1.21. The van der Waals surface area contributed by atoms with E-state index in [0.717, 1.165) is 31.6 Å². The van der Waals surface area contributed by atoms with Gasteiger partial charge in [-0.25, -0.2) is 4.68 Å². The number of aryl methyl sites for hydroxylation is 1. The summed E-state index contributed by atoms with van der Waals surface area (Å²) in [4.78, 5) is 2.56. The quantitative estimate of drug-likeness (QED) is 0.939. The third-order valence-electron chi connectivity index (χ3n) is 5.15. The van der Waals surface area contributed by atoms with Crippen molar-refractivity contribution in [2.75, 3.05) is 25.0 Å². The van der Waals surface area contributed by atoms with Crippen molar-refractivity contribution < 1.29 is 0 Å². The minimum absolute atomic E-state index is 1.00. The molecule has 2 aliphatic heterocycles. The topological polar surface area (TPSA) is 33.1 Å². The van der Waals surface area contributed by atoms with Crippen LogP contribution in [0.25, 0.3) is 5.69 Å². The van der Waals surface area contributed by atoms with E-state index >= 15 is 0 Å². The molecule has 0 bridgehead atoms. The molecule has 0 saturated carbocycles. The van der Waals surface area contributed by atoms with Crippen LogP contribution in [0.3, 0.4) is 0 Å². The van der Waals surface area contributed by atoms with Gasteiger partial charge < -0.3 is 5.32 Å². The van der Waals surface area contributed by atoms with E-state index in [9.17, 15) is 0 Å². The van der Waals surface area contributed by atoms with Gasteiger partial charge in [-0.05, 0) is 56.5 Å². The van der Waals surface area contributed by atoms with Gasteiger partial charge in [-0.3, -0.25) is 4.90 Å². The third-order valence-corrected chi connectivity index (χ3v) is 5.15. The summed E-state index contributed by atoms with van der Waals surface area (Å²) in [6.45, 7) is 6.68. The zero-order chi connectivity index (χ0) is 15.6. The second-order valence-electron chi connectivity index (χ2n) is 6.72. The van der Waals surface area contributed by atoms with Crippen LogP contribution in [0.4, 0.5) is 5.82 Å². The molecular weight excluding hydrogens is 284 g/mol. The molecule has 4 heteroatoms. The number of anilines is 1. The Bertz CT molecular complexity index is 665. The van der Waals surface area contributed by atoms with Crippen molar-refractivity contribution in [2.45, 2.75) is 45.6 Å². The van der Waals surface area contributed by atoms with Crippen molar-refractivity contribution in [3.63, 3.8) is 0 Å². The lowest BCUT2D eigenvalue weighted by Gasteiger charge is -2.25. The zero-order valence-electron chi connectivity index (χ0n) is 14.0. The summed E-state index contributed by atoms with van der Waals surface area (Å²) in [6.07, 6.45) is 6.23. The van der Waals surface area contributed by atoms with Gasteiger partial charge in [0.15, 0.2) is 0 Å². The fraction of sp³-hybridized carbons (Fsp3) is 0.526. The molecule has 2 aromatic rings. The third kappa shape index (κ3) is 2.88. The molecule has 122 valence electrons. The average Bonchev–Trinajstić information content (AvgIpc) is 3.20. The molecule has 1 aromatic carbocycles. The number of benzene rings is 1. The van der Waals surface area contributed by atoms with Crippen molar-refractivity contribution >= 4 is 5.82 Å². The van der Waals surface area contributed by atoms with Crippen LogP contribution < -0.4 is 5.32 Å². The highest BCUT2D eigenvalue weighted by molar-refractivity contribution is 5.57. The van der Waals surface area contributed by atoms with E-state index in [0.29, 0.717) is 0 Å². The van der Waals surface area contributed by atoms with Gasteiger partial charge in [0.25, 0.3) is 0 Å². The highest BCUT2D eigenvalue weighted by Gasteiger charge is 2.24. The summed E-state index contributed by atoms with van der Waals surface area (Å²) >= 11 is 0. The van der Waals surface area contributed by atoms with Crippen LogP contribution in [0.15, 0.2) is 24.3 Å². The first-order valence-electron chi connectivity index (χ1n) is 9.01. The lowest BCUT2D eigenvalue weighted by atomic mass is 10.1. The number of fused-ring (bicyclic) bond motifs is 1. The average molecular weight is 310 g/mol. The van der Waals surface area contributed by atoms with E-state index in [1.807, 2.05) is 0 Å². The molecule has 2 aliphatic rings. The standard InChI is InChI=1S/C19H26N4/c1-2-15-6-8-16(9-7-15)23-19-17(10-11-20-19)18(21-23)14-22-12-4-3-5-13-22/h6-9,20H,2-5,10-14H2,1H3. The van der Waals surface area contributed by atoms with E-state index in [2.05, 4.69) is 46.1 Å². The van der Waals surface area contributed by atoms with Gasteiger partial charge in [-0.15, -0.1) is 0 Å². The van der Waals surface area contributed by atoms with Gasteiger partial charge in [0.2, 0.25) is 0 Å². The highest BCUT2D eigenvalue weighted by Crippen LogP contribution is 2.30. The predicted molar refractivity (Wildman–Crippen MR) is 94.3 cm³/mol. The number of nitrogens with zero attached hydrogens (tertiary/aromatic N) is 3. The largest absolute Gasteiger partial charge is 0.369 e. The van der Waals surface area contributed by atoms with Crippen LogP contribution in [0.1, 0.15) is 43.0 Å². The number of likely N-dealkylation sites (tertiary alicyclic amines) is 1. The molecule has 3 heterocycles. The van der Waals surface area contributed by atoms with Gasteiger partial charge >= 0.3 is 0 Å². The summed E-state index contributed by atoms with van der Waals surface area (Å²) in [6, 6.07) is 8.80. The molecule has 1 N–H and O–H groups in total. The Morgan fingerprint density at radius 3 is 2.61 bits per heavy atom. The van der Waals surface area contributed by atoms with Crippen molar-refractivity contribution in [2.24, 2.45) is 0 Å². The number of nitrogens with one attached hydrogen (secondary N) is 1. The molecule has 4 rings (SSSR count). The maximum atomic E-state index is 4.96. The first-order valence-corrected chi connectivity index (χ1v) is 9.01. The number of hydrogen-bond donors (Lipinski definition) is 1. The van der Waals surface area contributed by atoms with Crippen molar-refractivity contribution in [3.8, 4) is 5.69 Å². The number of aromatic nitrogens is 2. The Hall–Kier alpha value is -1.81. The van der Waals surface area contributed by atoms with Crippen LogP contribution in [-0.4, -0.2) is 34.3 Å². The van der Waals surface area contributed by atoms with Gasteiger partial charge in [-0.2, -0.15) is 5.10 Å². The normalized spacial score (nSPS) is 18.0. The summed E-state index contributed by atoms with van der Waals surface area (Å²) in [5.41, 5.74) is 5.23. The van der Waals surface area contributed by atoms with Crippen molar-refractivity contribution in [1.82, 2.24) is 14.7 Å². The molecule has 1 fully saturated rings. The van der Waals surface area contributed by atoms with Gasteiger partial charge in [-0.1, -0.05) is 25.5 Å². The number of rotatable bonds is 4. The second kappa shape index (κ2) is 6.36. The fourth-order valence-electron chi connectivity index (χ4n) is 3.76. The first-order chi connectivity index (χ1) is 11.3. The summed E-state index contributed by atoms with van der Waals surface area (Å²) in [5, 5.41) is 8.50. The molecule has 23 heavy (non-hydrogen) atoms. The van der Waals surface area contributed by atoms with Crippen molar-refractivity contribution in [3.05, 3.63) is 41.1 Å². The minimum atomic E-state index is 1.00. The van der Waals surface area contributed by atoms with Gasteiger partial charge in [0, 0.05) is 18.7 Å². The fourth-order valence-corrected chi connectivity index (χ4v) is 3.76. The van der Waals surface area contributed by atoms with E-state index in [1.165, 1.54) is 55.0 Å². The van der Waals surface area contributed by atoms with E-state index in [1.54, 1.807) is 0 Å². The van der Waals surface area contributed by atoms with Crippen molar-refractivity contribution in [1.29, 1.82) is 0 Å². The first kappa shape index (κ1) is 14.8. The monoisotopic (exact) mass is 310 g/mol. The molecule has 1 aromatic heterocycles. The lowest BCUT2D eigenvalue weighted by Crippen LogP contribution is -2.29. The van der Waals surface area contributed by atoms with Crippen LogP contribution in [0.5, 0.6) is 0 Å². The summed E-state index contributed by atoms with van der Waals surface area (Å²) in [7, 11) is 0. The molecule has 0 aliphatic carbocycles. The van der Waals surface area contributed by atoms with Crippen LogP contribution in [0.2, 0.25) is 0 Å². The van der Waals surface area contributed by atoms with Gasteiger partial charge in [0.05, 0.1) is 11.4 Å². The molecular formula is C19H26N4. The Morgan fingerprint density at radius 2 is 1.87 bits per heavy atom. The van der Waals surface area contributed by atoms with E-state index in [4.69, 9.17) is 5.10 Å². The number of hydrogen-bond acceptors (Lipinski definition) is 3. The molecule has 0 spiro atoms. The zero-order valence-corrected chi connectivity index (χ0v) is 14.0. The maximum absolute atomic E-state index is 4.96. The molecule has 0 atom stereocenters. The Labute approximate surface area is 138 Å². The predicted octanol–water partition coefficient (Wildman–Crippen LogP) is 3.39. The van der Waals surface area contributed by atoms with Crippen LogP contribution in [0, 0.1) is 0 Å². The molecule has 1 saturated heterocycles. The van der Waals surface area contributed by atoms with Crippen LogP contribution >= 0.6 is 0 Å². The number of piperidine rings is 1. The maximum Gasteiger partial charge on any atom is 0.133 e.